The molecule has 1 amide bonds. The van der Waals surface area contributed by atoms with Crippen molar-refractivity contribution in [3.63, 3.8) is 0 Å². The summed E-state index contributed by atoms with van der Waals surface area (Å²) >= 11 is 5.89. The highest BCUT2D eigenvalue weighted by molar-refractivity contribution is 6.30. The predicted molar refractivity (Wildman–Crippen MR) is 96.1 cm³/mol. The largest absolute Gasteiger partial charge is 0.465 e. The monoisotopic (exact) mass is 369 g/mol. The number of carbonyl (C=O) groups excluding carboxylic acids is 1. The fourth-order valence-corrected chi connectivity index (χ4v) is 2.71. The van der Waals surface area contributed by atoms with E-state index in [1.165, 1.54) is 6.08 Å². The van der Waals surface area contributed by atoms with Gasteiger partial charge in [0.05, 0.1) is 12.8 Å². The summed E-state index contributed by atoms with van der Waals surface area (Å²) in [6, 6.07) is 10.9. The number of aromatic nitrogens is 2. The standard InChI is InChI=1S/C19H16ClN3O3/c20-14-5-3-13(4-6-14)19-22-21-17(26-19)12-23(15-7-8-15)18(24)10-9-16-2-1-11-25-16/h1-6,9-11,15H,7-8,12H2/b10-9+. The molecule has 1 aromatic carbocycles. The van der Waals surface area contributed by atoms with Crippen molar-refractivity contribution in [2.24, 2.45) is 0 Å². The van der Waals surface area contributed by atoms with Crippen LogP contribution < -0.4 is 0 Å². The molecule has 2 aromatic heterocycles. The lowest BCUT2D eigenvalue weighted by molar-refractivity contribution is -0.127. The van der Waals surface area contributed by atoms with E-state index in [4.69, 9.17) is 20.4 Å². The molecule has 3 aromatic rings. The lowest BCUT2D eigenvalue weighted by atomic mass is 10.2. The van der Waals surface area contributed by atoms with Crippen molar-refractivity contribution in [2.75, 3.05) is 0 Å². The zero-order chi connectivity index (χ0) is 17.9. The molecule has 26 heavy (non-hydrogen) atoms. The van der Waals surface area contributed by atoms with E-state index >= 15 is 0 Å². The summed E-state index contributed by atoms with van der Waals surface area (Å²) in [5, 5.41) is 8.78. The smallest absolute Gasteiger partial charge is 0.247 e. The van der Waals surface area contributed by atoms with E-state index in [-0.39, 0.29) is 18.5 Å². The Labute approximate surface area is 155 Å². The highest BCUT2D eigenvalue weighted by atomic mass is 35.5. The van der Waals surface area contributed by atoms with Gasteiger partial charge < -0.3 is 13.7 Å². The topological polar surface area (TPSA) is 72.4 Å². The number of hydrogen-bond acceptors (Lipinski definition) is 5. The average Bonchev–Trinajstić information content (AvgIpc) is 3.16. The quantitative estimate of drug-likeness (QED) is 0.609. The van der Waals surface area contributed by atoms with Crippen molar-refractivity contribution in [1.82, 2.24) is 15.1 Å². The van der Waals surface area contributed by atoms with Gasteiger partial charge in [-0.25, -0.2) is 0 Å². The molecule has 0 saturated heterocycles. The Balaban J connectivity index is 1.47. The molecule has 6 nitrogen and oxygen atoms in total. The molecular weight excluding hydrogens is 354 g/mol. The molecular formula is C19H16ClN3O3. The predicted octanol–water partition coefficient (Wildman–Crippen LogP) is 4.19. The van der Waals surface area contributed by atoms with Gasteiger partial charge in [0.1, 0.15) is 5.76 Å². The third-order valence-corrected chi connectivity index (χ3v) is 4.32. The highest BCUT2D eigenvalue weighted by Crippen LogP contribution is 2.29. The summed E-state index contributed by atoms with van der Waals surface area (Å²) in [4.78, 5) is 14.3. The van der Waals surface area contributed by atoms with Gasteiger partial charge in [-0.3, -0.25) is 4.79 Å². The number of rotatable bonds is 6. The summed E-state index contributed by atoms with van der Waals surface area (Å²) < 4.78 is 10.9. The summed E-state index contributed by atoms with van der Waals surface area (Å²) in [5.41, 5.74) is 0.787. The van der Waals surface area contributed by atoms with E-state index in [0.29, 0.717) is 22.6 Å². The maximum absolute atomic E-state index is 12.5. The molecule has 1 aliphatic rings. The molecule has 0 atom stereocenters. The van der Waals surface area contributed by atoms with Crippen LogP contribution in [0, 0.1) is 0 Å². The van der Waals surface area contributed by atoms with E-state index in [1.807, 2.05) is 12.1 Å². The maximum atomic E-state index is 12.5. The molecule has 1 fully saturated rings. The zero-order valence-corrected chi connectivity index (χ0v) is 14.6. The first-order valence-electron chi connectivity index (χ1n) is 8.29. The van der Waals surface area contributed by atoms with Gasteiger partial charge in [0.2, 0.25) is 17.7 Å². The van der Waals surface area contributed by atoms with Crippen molar-refractivity contribution < 1.29 is 13.6 Å². The number of benzene rings is 1. The van der Waals surface area contributed by atoms with Crippen LogP contribution in [0.15, 0.2) is 57.6 Å². The summed E-state index contributed by atoms with van der Waals surface area (Å²) in [5.74, 6) is 1.35. The van der Waals surface area contributed by atoms with E-state index in [9.17, 15) is 4.79 Å². The third kappa shape index (κ3) is 3.86. The van der Waals surface area contributed by atoms with Crippen LogP contribution in [0.2, 0.25) is 5.02 Å². The van der Waals surface area contributed by atoms with Crippen LogP contribution in [0.3, 0.4) is 0 Å². The van der Waals surface area contributed by atoms with E-state index in [0.717, 1.165) is 18.4 Å². The Hall–Kier alpha value is -2.86. The summed E-state index contributed by atoms with van der Waals surface area (Å²) in [6.45, 7) is 0.284. The molecule has 1 saturated carbocycles. The van der Waals surface area contributed by atoms with Crippen molar-refractivity contribution in [2.45, 2.75) is 25.4 Å². The Morgan fingerprint density at radius 2 is 2.04 bits per heavy atom. The number of hydrogen-bond donors (Lipinski definition) is 0. The second-order valence-corrected chi connectivity index (χ2v) is 6.49. The molecule has 0 bridgehead atoms. The lowest BCUT2D eigenvalue weighted by Gasteiger charge is -2.18. The maximum Gasteiger partial charge on any atom is 0.247 e. The zero-order valence-electron chi connectivity index (χ0n) is 13.8. The van der Waals surface area contributed by atoms with Crippen LogP contribution in [0.5, 0.6) is 0 Å². The third-order valence-electron chi connectivity index (χ3n) is 4.07. The van der Waals surface area contributed by atoms with Crippen LogP contribution in [0.4, 0.5) is 0 Å². The van der Waals surface area contributed by atoms with Gasteiger partial charge in [-0.15, -0.1) is 10.2 Å². The van der Waals surface area contributed by atoms with E-state index < -0.39 is 0 Å². The van der Waals surface area contributed by atoms with Crippen molar-refractivity contribution in [1.29, 1.82) is 0 Å². The van der Waals surface area contributed by atoms with Crippen molar-refractivity contribution in [3.05, 3.63) is 65.4 Å². The summed E-state index contributed by atoms with van der Waals surface area (Å²) in [7, 11) is 0. The number of amides is 1. The van der Waals surface area contributed by atoms with E-state index in [1.54, 1.807) is 41.5 Å². The Morgan fingerprint density at radius 3 is 2.73 bits per heavy atom. The molecule has 1 aliphatic carbocycles. The number of carbonyl (C=O) groups is 1. The molecule has 4 rings (SSSR count). The Bertz CT molecular complexity index is 912. The molecule has 0 aliphatic heterocycles. The van der Waals surface area contributed by atoms with Crippen LogP contribution >= 0.6 is 11.6 Å². The van der Waals surface area contributed by atoms with Gasteiger partial charge in [0, 0.05) is 22.7 Å². The van der Waals surface area contributed by atoms with Gasteiger partial charge in [-0.1, -0.05) is 11.6 Å². The number of furan rings is 1. The van der Waals surface area contributed by atoms with Crippen LogP contribution in [0.1, 0.15) is 24.5 Å². The van der Waals surface area contributed by atoms with Crippen LogP contribution in [0.25, 0.3) is 17.5 Å². The fourth-order valence-electron chi connectivity index (χ4n) is 2.58. The fraction of sp³-hybridized carbons (Fsp3) is 0.211. The lowest BCUT2D eigenvalue weighted by Crippen LogP contribution is -2.31. The highest BCUT2D eigenvalue weighted by Gasteiger charge is 2.32. The Kier molecular flexibility index (Phi) is 4.58. The first kappa shape index (κ1) is 16.6. The van der Waals surface area contributed by atoms with Gasteiger partial charge in [0.15, 0.2) is 0 Å². The molecule has 0 N–H and O–H groups in total. The molecule has 0 unspecified atom stereocenters. The minimum absolute atomic E-state index is 0.102. The van der Waals surface area contributed by atoms with Crippen molar-refractivity contribution >= 4 is 23.6 Å². The molecule has 0 spiro atoms. The minimum Gasteiger partial charge on any atom is -0.465 e. The minimum atomic E-state index is -0.102. The van der Waals surface area contributed by atoms with Crippen LogP contribution in [-0.2, 0) is 11.3 Å². The number of nitrogens with zero attached hydrogens (tertiary/aromatic N) is 3. The van der Waals surface area contributed by atoms with Crippen LogP contribution in [-0.4, -0.2) is 27.0 Å². The second kappa shape index (κ2) is 7.17. The first-order chi connectivity index (χ1) is 12.7. The Morgan fingerprint density at radius 1 is 1.23 bits per heavy atom. The average molecular weight is 370 g/mol. The van der Waals surface area contributed by atoms with E-state index in [2.05, 4.69) is 10.2 Å². The van der Waals surface area contributed by atoms with Gasteiger partial charge >= 0.3 is 0 Å². The SMILES string of the molecule is O=C(/C=C/c1ccco1)N(Cc1nnc(-c2ccc(Cl)cc2)o1)C1CC1. The summed E-state index contributed by atoms with van der Waals surface area (Å²) in [6.07, 6.45) is 6.70. The normalized spacial score (nSPS) is 14.0. The second-order valence-electron chi connectivity index (χ2n) is 6.05. The van der Waals surface area contributed by atoms with Gasteiger partial charge in [-0.05, 0) is 55.3 Å². The van der Waals surface area contributed by atoms with Crippen molar-refractivity contribution in [3.8, 4) is 11.5 Å². The number of halogens is 1. The molecule has 0 radical (unpaired) electrons. The van der Waals surface area contributed by atoms with Gasteiger partial charge in [-0.2, -0.15) is 0 Å². The van der Waals surface area contributed by atoms with Gasteiger partial charge in [0.25, 0.3) is 0 Å². The first-order valence-corrected chi connectivity index (χ1v) is 8.67. The molecule has 7 heteroatoms. The molecule has 2 heterocycles. The molecule has 132 valence electrons.